The Bertz CT molecular complexity index is 951. The monoisotopic (exact) mass is 460 g/mol. The highest BCUT2D eigenvalue weighted by Gasteiger charge is 2.32. The van der Waals surface area contributed by atoms with Crippen molar-refractivity contribution in [3.63, 3.8) is 0 Å². The largest absolute Gasteiger partial charge is 0.454 e. The fraction of sp³-hybridized carbons (Fsp3) is 0.348. The number of esters is 1. The average molecular weight is 461 g/mol. The van der Waals surface area contributed by atoms with Crippen LogP contribution in [0.4, 0.5) is 5.69 Å². The first-order valence-electron chi connectivity index (χ1n) is 10.0. The molecule has 2 amide bonds. The Labute approximate surface area is 191 Å². The summed E-state index contributed by atoms with van der Waals surface area (Å²) in [6.45, 7) is 1.59. The Balaban J connectivity index is 1.62. The van der Waals surface area contributed by atoms with Gasteiger partial charge in [-0.15, -0.1) is 0 Å². The number of nitrogens with zero attached hydrogens (tertiary/aromatic N) is 1. The minimum Gasteiger partial charge on any atom is -0.454 e. The van der Waals surface area contributed by atoms with E-state index in [1.165, 1.54) is 0 Å². The lowest BCUT2D eigenvalue weighted by Crippen LogP contribution is -2.44. The molecule has 6 nitrogen and oxygen atoms in total. The zero-order valence-corrected chi connectivity index (χ0v) is 19.0. The number of ether oxygens (including phenoxy) is 1. The zero-order valence-electron chi connectivity index (χ0n) is 17.5. The number of hydrogen-bond donors (Lipinski definition) is 1. The van der Waals surface area contributed by atoms with Crippen LogP contribution in [0.25, 0.3) is 0 Å². The SMILES string of the molecule is CSCC[C@@H](NC(=O)c1ccc(Cl)cc1)C(=O)OCC(=O)N1c2ccccc2C[C@H]1C. The van der Waals surface area contributed by atoms with E-state index in [1.54, 1.807) is 40.9 Å². The van der Waals surface area contributed by atoms with Gasteiger partial charge in [0.05, 0.1) is 0 Å². The molecule has 1 N–H and O–H groups in total. The van der Waals surface area contributed by atoms with Crippen LogP contribution in [0.2, 0.25) is 5.02 Å². The molecule has 0 saturated heterocycles. The highest BCUT2D eigenvalue weighted by molar-refractivity contribution is 7.98. The van der Waals surface area contributed by atoms with Crippen LogP contribution < -0.4 is 10.2 Å². The van der Waals surface area contributed by atoms with Crippen LogP contribution in [0.1, 0.15) is 29.3 Å². The molecule has 0 unspecified atom stereocenters. The van der Waals surface area contributed by atoms with Gasteiger partial charge in [-0.2, -0.15) is 11.8 Å². The third-order valence-electron chi connectivity index (χ3n) is 5.12. The summed E-state index contributed by atoms with van der Waals surface area (Å²) in [6.07, 6.45) is 3.08. The van der Waals surface area contributed by atoms with Crippen LogP contribution >= 0.6 is 23.4 Å². The summed E-state index contributed by atoms with van der Waals surface area (Å²) in [5.74, 6) is -0.637. The number of carbonyl (C=O) groups excluding carboxylic acids is 3. The van der Waals surface area contributed by atoms with Gasteiger partial charge in [-0.3, -0.25) is 9.59 Å². The Kier molecular flexibility index (Phi) is 7.98. The second kappa shape index (κ2) is 10.7. The second-order valence-electron chi connectivity index (χ2n) is 7.37. The van der Waals surface area contributed by atoms with Crippen molar-refractivity contribution in [2.24, 2.45) is 0 Å². The van der Waals surface area contributed by atoms with E-state index >= 15 is 0 Å². The second-order valence-corrected chi connectivity index (χ2v) is 8.79. The minimum atomic E-state index is -0.841. The average Bonchev–Trinajstić information content (AvgIpc) is 3.10. The van der Waals surface area contributed by atoms with E-state index in [9.17, 15) is 14.4 Å². The van der Waals surface area contributed by atoms with Crippen molar-refractivity contribution >= 4 is 46.8 Å². The highest BCUT2D eigenvalue weighted by Crippen LogP contribution is 2.31. The third kappa shape index (κ3) is 5.80. The molecule has 3 rings (SSSR count). The van der Waals surface area contributed by atoms with E-state index in [1.807, 2.05) is 37.4 Å². The number of carbonyl (C=O) groups is 3. The van der Waals surface area contributed by atoms with Crippen LogP contribution in [0, 0.1) is 0 Å². The molecule has 0 aromatic heterocycles. The van der Waals surface area contributed by atoms with Gasteiger partial charge in [-0.25, -0.2) is 4.79 Å². The molecule has 1 aliphatic rings. The van der Waals surface area contributed by atoms with E-state index in [4.69, 9.17) is 16.3 Å². The Morgan fingerprint density at radius 1 is 1.19 bits per heavy atom. The Morgan fingerprint density at radius 2 is 1.90 bits per heavy atom. The Hall–Kier alpha value is -2.51. The lowest BCUT2D eigenvalue weighted by molar-refractivity contribution is -0.149. The molecule has 0 aliphatic carbocycles. The van der Waals surface area contributed by atoms with Gasteiger partial charge in [0.15, 0.2) is 6.61 Å². The van der Waals surface area contributed by atoms with E-state index in [0.717, 1.165) is 17.7 Å². The van der Waals surface area contributed by atoms with Gasteiger partial charge in [-0.05, 0) is 67.7 Å². The number of hydrogen-bond acceptors (Lipinski definition) is 5. The number of thioether (sulfide) groups is 1. The van der Waals surface area contributed by atoms with Crippen molar-refractivity contribution in [1.82, 2.24) is 5.32 Å². The van der Waals surface area contributed by atoms with Gasteiger partial charge in [-0.1, -0.05) is 29.8 Å². The molecule has 31 heavy (non-hydrogen) atoms. The summed E-state index contributed by atoms with van der Waals surface area (Å²) in [7, 11) is 0. The number of anilines is 1. The number of fused-ring (bicyclic) bond motifs is 1. The molecule has 2 aromatic carbocycles. The normalized spacial score (nSPS) is 15.8. The molecule has 1 aliphatic heterocycles. The van der Waals surface area contributed by atoms with Gasteiger partial charge in [0.25, 0.3) is 11.8 Å². The number of rotatable bonds is 8. The topological polar surface area (TPSA) is 75.7 Å². The van der Waals surface area contributed by atoms with Crippen LogP contribution in [0.5, 0.6) is 0 Å². The van der Waals surface area contributed by atoms with Crippen molar-refractivity contribution in [3.8, 4) is 0 Å². The zero-order chi connectivity index (χ0) is 22.4. The molecule has 0 radical (unpaired) electrons. The van der Waals surface area contributed by atoms with Crippen LogP contribution in [0.15, 0.2) is 48.5 Å². The van der Waals surface area contributed by atoms with Crippen LogP contribution in [-0.4, -0.2) is 48.5 Å². The number of benzene rings is 2. The third-order valence-corrected chi connectivity index (χ3v) is 6.02. The van der Waals surface area contributed by atoms with Crippen molar-refractivity contribution in [1.29, 1.82) is 0 Å². The van der Waals surface area contributed by atoms with Gasteiger partial charge in [0.1, 0.15) is 6.04 Å². The van der Waals surface area contributed by atoms with Gasteiger partial charge in [0, 0.05) is 22.3 Å². The maximum Gasteiger partial charge on any atom is 0.329 e. The maximum absolute atomic E-state index is 12.8. The molecular formula is C23H25ClN2O4S. The molecule has 164 valence electrons. The van der Waals surface area contributed by atoms with Gasteiger partial charge in [0.2, 0.25) is 0 Å². The van der Waals surface area contributed by atoms with Crippen LogP contribution in [-0.2, 0) is 20.7 Å². The quantitative estimate of drug-likeness (QED) is 0.608. The first-order chi connectivity index (χ1) is 14.9. The predicted molar refractivity (Wildman–Crippen MR) is 124 cm³/mol. The standard InChI is InChI=1S/C23H25ClN2O4S/c1-15-13-17-5-3-4-6-20(17)26(15)21(27)14-30-23(29)19(11-12-31-2)25-22(28)16-7-9-18(24)10-8-16/h3-10,15,19H,11-14H2,1-2H3,(H,25,28)/t15-,19-/m1/s1. The number of amides is 2. The summed E-state index contributed by atoms with van der Waals surface area (Å²) in [6, 6.07) is 13.3. The maximum atomic E-state index is 12.8. The molecule has 2 aromatic rings. The van der Waals surface area contributed by atoms with Crippen LogP contribution in [0.3, 0.4) is 0 Å². The summed E-state index contributed by atoms with van der Waals surface area (Å²) >= 11 is 7.42. The molecule has 0 saturated carbocycles. The van der Waals surface area contributed by atoms with Gasteiger partial charge >= 0.3 is 5.97 Å². The summed E-state index contributed by atoms with van der Waals surface area (Å²) < 4.78 is 5.32. The Morgan fingerprint density at radius 3 is 2.61 bits per heavy atom. The van der Waals surface area contributed by atoms with E-state index in [0.29, 0.717) is 22.8 Å². The number of nitrogens with one attached hydrogen (secondary N) is 1. The van der Waals surface area contributed by atoms with Crippen molar-refractivity contribution in [2.75, 3.05) is 23.5 Å². The molecule has 0 spiro atoms. The van der Waals surface area contributed by atoms with Crippen molar-refractivity contribution in [2.45, 2.75) is 31.8 Å². The molecular weight excluding hydrogens is 436 g/mol. The smallest absolute Gasteiger partial charge is 0.329 e. The lowest BCUT2D eigenvalue weighted by Gasteiger charge is -2.23. The minimum absolute atomic E-state index is 0.000461. The summed E-state index contributed by atoms with van der Waals surface area (Å²) in [5, 5.41) is 3.23. The fourth-order valence-corrected chi connectivity index (χ4v) is 4.17. The van der Waals surface area contributed by atoms with Crippen molar-refractivity contribution < 1.29 is 19.1 Å². The van der Waals surface area contributed by atoms with E-state index in [-0.39, 0.29) is 18.6 Å². The molecule has 2 atom stereocenters. The van der Waals surface area contributed by atoms with E-state index < -0.39 is 17.9 Å². The summed E-state index contributed by atoms with van der Waals surface area (Å²) in [4.78, 5) is 39.6. The fourth-order valence-electron chi connectivity index (χ4n) is 3.58. The number of para-hydroxylation sites is 1. The summed E-state index contributed by atoms with van der Waals surface area (Å²) in [5.41, 5.74) is 2.35. The predicted octanol–water partition coefficient (Wildman–Crippen LogP) is 3.71. The number of halogens is 1. The van der Waals surface area contributed by atoms with Crippen molar-refractivity contribution in [3.05, 3.63) is 64.7 Å². The lowest BCUT2D eigenvalue weighted by atomic mass is 10.1. The molecule has 0 fully saturated rings. The molecule has 1 heterocycles. The van der Waals surface area contributed by atoms with Gasteiger partial charge < -0.3 is 15.0 Å². The van der Waals surface area contributed by atoms with E-state index in [2.05, 4.69) is 5.32 Å². The molecule has 8 heteroatoms. The first kappa shape index (κ1) is 23.2. The molecule has 0 bridgehead atoms. The highest BCUT2D eigenvalue weighted by atomic mass is 35.5. The first-order valence-corrected chi connectivity index (χ1v) is 11.8.